The first-order valence-electron chi connectivity index (χ1n) is 6.54. The molecule has 1 amide bonds. The molecular weight excluding hydrogens is 248 g/mol. The number of hydrogen-bond acceptors (Lipinski definition) is 4. The van der Waals surface area contributed by atoms with Crippen LogP contribution in [0.1, 0.15) is 55.5 Å². The molecule has 3 N–H and O–H groups in total. The van der Waals surface area contributed by atoms with E-state index in [4.69, 9.17) is 5.11 Å². The molecule has 0 unspecified atom stereocenters. The van der Waals surface area contributed by atoms with Crippen LogP contribution in [0.15, 0.2) is 0 Å². The number of hydrogen-bond donors (Lipinski definition) is 3. The van der Waals surface area contributed by atoms with Gasteiger partial charge in [-0.15, -0.1) is 5.10 Å². The lowest BCUT2D eigenvalue weighted by Gasteiger charge is -2.01. The topological polar surface area (TPSA) is 108 Å². The number of carbonyl (C=O) groups is 2. The first-order chi connectivity index (χ1) is 9.13. The zero-order valence-electron chi connectivity index (χ0n) is 11.1. The van der Waals surface area contributed by atoms with Crippen LogP contribution < -0.4 is 5.32 Å². The van der Waals surface area contributed by atoms with E-state index in [0.717, 1.165) is 25.7 Å². The highest BCUT2D eigenvalue weighted by Gasteiger charge is 2.11. The molecule has 0 saturated heterocycles. The standard InChI is InChI=1S/C12H20N4O3/c1-2-6-9-14-11(16-15-9)12(19)13-8-5-3-4-7-10(17)18/h2-8H2,1H3,(H,13,19)(H,17,18)(H,14,15,16). The smallest absolute Gasteiger partial charge is 0.303 e. The lowest BCUT2D eigenvalue weighted by atomic mass is 10.2. The number of carboxylic acids is 1. The normalized spacial score (nSPS) is 10.4. The average Bonchev–Trinajstić information content (AvgIpc) is 2.82. The van der Waals surface area contributed by atoms with Gasteiger partial charge in [0.15, 0.2) is 0 Å². The van der Waals surface area contributed by atoms with Crippen LogP contribution in [0.4, 0.5) is 0 Å². The number of nitrogens with one attached hydrogen (secondary N) is 2. The Bertz CT molecular complexity index is 417. The SMILES string of the molecule is CCCc1nc(C(=O)NCCCCCC(=O)O)n[nH]1. The molecule has 1 aromatic rings. The van der Waals surface area contributed by atoms with Gasteiger partial charge in [0.2, 0.25) is 5.82 Å². The summed E-state index contributed by atoms with van der Waals surface area (Å²) in [7, 11) is 0. The number of H-pyrrole nitrogens is 1. The number of carboxylic acid groups (broad SMARTS) is 1. The summed E-state index contributed by atoms with van der Waals surface area (Å²) in [6.45, 7) is 2.54. The molecule has 0 spiro atoms. The molecule has 106 valence electrons. The third kappa shape index (κ3) is 5.98. The Morgan fingerprint density at radius 1 is 1.32 bits per heavy atom. The molecule has 0 radical (unpaired) electrons. The summed E-state index contributed by atoms with van der Waals surface area (Å²) >= 11 is 0. The molecule has 0 aliphatic carbocycles. The van der Waals surface area contributed by atoms with Gasteiger partial charge in [-0.1, -0.05) is 13.3 Å². The van der Waals surface area contributed by atoms with Crippen molar-refractivity contribution in [2.75, 3.05) is 6.54 Å². The number of amides is 1. The van der Waals surface area contributed by atoms with Crippen molar-refractivity contribution in [3.8, 4) is 0 Å². The van der Waals surface area contributed by atoms with E-state index >= 15 is 0 Å². The zero-order valence-corrected chi connectivity index (χ0v) is 11.1. The first kappa shape index (κ1) is 15.1. The Hall–Kier alpha value is -1.92. The van der Waals surface area contributed by atoms with Crippen LogP contribution in [0.25, 0.3) is 0 Å². The van der Waals surface area contributed by atoms with Gasteiger partial charge in [0.1, 0.15) is 5.82 Å². The minimum atomic E-state index is -0.784. The Balaban J connectivity index is 2.18. The van der Waals surface area contributed by atoms with Crippen molar-refractivity contribution in [2.24, 2.45) is 0 Å². The number of aryl methyl sites for hydroxylation is 1. The Kier molecular flexibility index (Phi) is 6.56. The molecule has 1 rings (SSSR count). The molecule has 0 saturated carbocycles. The van der Waals surface area contributed by atoms with Gasteiger partial charge >= 0.3 is 5.97 Å². The van der Waals surface area contributed by atoms with E-state index in [1.165, 1.54) is 0 Å². The third-order valence-electron chi connectivity index (χ3n) is 2.57. The molecule has 0 aromatic carbocycles. The molecule has 19 heavy (non-hydrogen) atoms. The van der Waals surface area contributed by atoms with E-state index in [-0.39, 0.29) is 18.2 Å². The van der Waals surface area contributed by atoms with Gasteiger partial charge in [-0.2, -0.15) is 0 Å². The molecule has 0 bridgehead atoms. The molecule has 0 fully saturated rings. The van der Waals surface area contributed by atoms with Crippen LogP contribution >= 0.6 is 0 Å². The average molecular weight is 268 g/mol. The lowest BCUT2D eigenvalue weighted by Crippen LogP contribution is -2.25. The maximum atomic E-state index is 11.7. The van der Waals surface area contributed by atoms with E-state index in [9.17, 15) is 9.59 Å². The number of aliphatic carboxylic acids is 1. The highest BCUT2D eigenvalue weighted by atomic mass is 16.4. The fourth-order valence-corrected chi connectivity index (χ4v) is 1.60. The van der Waals surface area contributed by atoms with E-state index in [2.05, 4.69) is 20.5 Å². The Morgan fingerprint density at radius 3 is 2.79 bits per heavy atom. The molecule has 1 heterocycles. The van der Waals surface area contributed by atoms with Gasteiger partial charge < -0.3 is 10.4 Å². The lowest BCUT2D eigenvalue weighted by molar-refractivity contribution is -0.137. The van der Waals surface area contributed by atoms with Crippen LogP contribution in [-0.4, -0.2) is 38.7 Å². The number of aromatic nitrogens is 3. The number of rotatable bonds is 9. The van der Waals surface area contributed by atoms with Crippen LogP contribution in [0, 0.1) is 0 Å². The number of unbranched alkanes of at least 4 members (excludes halogenated alkanes) is 2. The van der Waals surface area contributed by atoms with Crippen molar-refractivity contribution in [3.63, 3.8) is 0 Å². The van der Waals surface area contributed by atoms with E-state index in [1.807, 2.05) is 6.92 Å². The van der Waals surface area contributed by atoms with Crippen molar-refractivity contribution >= 4 is 11.9 Å². The predicted molar refractivity (Wildman–Crippen MR) is 68.8 cm³/mol. The fourth-order valence-electron chi connectivity index (χ4n) is 1.60. The highest BCUT2D eigenvalue weighted by Crippen LogP contribution is 2.00. The second-order valence-electron chi connectivity index (χ2n) is 4.32. The second-order valence-corrected chi connectivity index (χ2v) is 4.32. The van der Waals surface area contributed by atoms with Gasteiger partial charge in [0.25, 0.3) is 5.91 Å². The van der Waals surface area contributed by atoms with Gasteiger partial charge in [-0.25, -0.2) is 4.98 Å². The summed E-state index contributed by atoms with van der Waals surface area (Å²) in [6, 6.07) is 0. The van der Waals surface area contributed by atoms with Crippen molar-refractivity contribution in [1.29, 1.82) is 0 Å². The quantitative estimate of drug-likeness (QED) is 0.582. The summed E-state index contributed by atoms with van der Waals surface area (Å²) in [5, 5.41) is 17.7. The maximum Gasteiger partial charge on any atom is 0.303 e. The molecule has 7 nitrogen and oxygen atoms in total. The minimum Gasteiger partial charge on any atom is -0.481 e. The van der Waals surface area contributed by atoms with Crippen molar-refractivity contribution in [2.45, 2.75) is 45.4 Å². The van der Waals surface area contributed by atoms with Crippen molar-refractivity contribution in [1.82, 2.24) is 20.5 Å². The maximum absolute atomic E-state index is 11.7. The third-order valence-corrected chi connectivity index (χ3v) is 2.57. The zero-order chi connectivity index (χ0) is 14.1. The second kappa shape index (κ2) is 8.23. The van der Waals surface area contributed by atoms with E-state index in [0.29, 0.717) is 18.8 Å². The summed E-state index contributed by atoms with van der Waals surface area (Å²) in [6.07, 6.45) is 4.06. The molecule has 0 atom stereocenters. The minimum absolute atomic E-state index is 0.161. The summed E-state index contributed by atoms with van der Waals surface area (Å²) < 4.78 is 0. The van der Waals surface area contributed by atoms with Crippen molar-refractivity contribution < 1.29 is 14.7 Å². The number of aromatic amines is 1. The van der Waals surface area contributed by atoms with Crippen molar-refractivity contribution in [3.05, 3.63) is 11.6 Å². The van der Waals surface area contributed by atoms with E-state index < -0.39 is 5.97 Å². The summed E-state index contributed by atoms with van der Waals surface area (Å²) in [5.74, 6) is -0.201. The molecule has 0 aliphatic heterocycles. The Morgan fingerprint density at radius 2 is 2.11 bits per heavy atom. The number of nitrogens with zero attached hydrogens (tertiary/aromatic N) is 2. The molecule has 1 aromatic heterocycles. The largest absolute Gasteiger partial charge is 0.481 e. The number of carbonyl (C=O) groups excluding carboxylic acids is 1. The predicted octanol–water partition coefficient (Wildman–Crippen LogP) is 1.13. The van der Waals surface area contributed by atoms with Crippen LogP contribution in [0.5, 0.6) is 0 Å². The van der Waals surface area contributed by atoms with Gasteiger partial charge in [-0.05, 0) is 19.3 Å². The van der Waals surface area contributed by atoms with Gasteiger partial charge in [0.05, 0.1) is 0 Å². The summed E-state index contributed by atoms with van der Waals surface area (Å²) in [5.41, 5.74) is 0. The first-order valence-corrected chi connectivity index (χ1v) is 6.54. The van der Waals surface area contributed by atoms with E-state index in [1.54, 1.807) is 0 Å². The van der Waals surface area contributed by atoms with Crippen LogP contribution in [0.2, 0.25) is 0 Å². The van der Waals surface area contributed by atoms with Gasteiger partial charge in [0, 0.05) is 19.4 Å². The monoisotopic (exact) mass is 268 g/mol. The van der Waals surface area contributed by atoms with Gasteiger partial charge in [-0.3, -0.25) is 14.7 Å². The fraction of sp³-hybridized carbons (Fsp3) is 0.667. The molecule has 7 heteroatoms. The molecule has 0 aliphatic rings. The summed E-state index contributed by atoms with van der Waals surface area (Å²) in [4.78, 5) is 26.0. The Labute approximate surface area is 111 Å². The van der Waals surface area contributed by atoms with Crippen LogP contribution in [-0.2, 0) is 11.2 Å². The van der Waals surface area contributed by atoms with Crippen LogP contribution in [0.3, 0.4) is 0 Å². The highest BCUT2D eigenvalue weighted by molar-refractivity contribution is 5.90. The molecular formula is C12H20N4O3.